The zero-order chi connectivity index (χ0) is 42.6. The highest BCUT2D eigenvalue weighted by Crippen LogP contribution is 2.67. The van der Waals surface area contributed by atoms with Gasteiger partial charge in [-0.1, -0.05) is 170 Å². The fourth-order valence-corrected chi connectivity index (χ4v) is 11.6. The molecule has 0 aromatic heterocycles. The van der Waals surface area contributed by atoms with Gasteiger partial charge in [-0.2, -0.15) is 0 Å². The Bertz CT molecular complexity index is 3420. The van der Waals surface area contributed by atoms with Gasteiger partial charge in [0.2, 0.25) is 0 Å². The maximum atomic E-state index is 7.23. The van der Waals surface area contributed by atoms with Crippen molar-refractivity contribution < 1.29 is 9.47 Å². The summed E-state index contributed by atoms with van der Waals surface area (Å²) in [6.45, 7) is 0. The first-order valence-corrected chi connectivity index (χ1v) is 22.5. The lowest BCUT2D eigenvalue weighted by Gasteiger charge is -2.32. The number of para-hydroxylation sites is 2. The highest BCUT2D eigenvalue weighted by molar-refractivity contribution is 5.98. The summed E-state index contributed by atoms with van der Waals surface area (Å²) in [5.74, 6) is 3.00. The molecule has 0 bridgehead atoms. The van der Waals surface area contributed by atoms with E-state index in [-0.39, 0.29) is 12.0 Å². The fraction of sp³-hybridized carbons (Fsp3) is 0.0492. The van der Waals surface area contributed by atoms with Gasteiger partial charge in [-0.25, -0.2) is 0 Å². The lowest BCUT2D eigenvalue weighted by molar-refractivity contribution is 0.361. The number of nitrogens with zero attached hydrogens (tertiary/aromatic N) is 2. The maximum Gasteiger partial charge on any atom is 0.194 e. The first-order valence-electron chi connectivity index (χ1n) is 22.5. The second kappa shape index (κ2) is 13.8. The van der Waals surface area contributed by atoms with Gasteiger partial charge >= 0.3 is 0 Å². The first-order chi connectivity index (χ1) is 32.3. The Hall–Kier alpha value is -8.34. The van der Waals surface area contributed by atoms with E-state index in [1.54, 1.807) is 0 Å². The quantitative estimate of drug-likeness (QED) is 0.172. The van der Waals surface area contributed by atoms with E-state index in [1.165, 1.54) is 61.4 Å². The fourth-order valence-electron chi connectivity index (χ4n) is 11.6. The molecule has 2 heterocycles. The Morgan fingerprint density at radius 3 is 1.80 bits per heavy atom. The van der Waals surface area contributed by atoms with Crippen molar-refractivity contribution in [2.24, 2.45) is 0 Å². The van der Waals surface area contributed by atoms with Crippen LogP contribution in [-0.4, -0.2) is 6.04 Å². The van der Waals surface area contributed by atoms with Crippen LogP contribution < -0.4 is 19.3 Å². The van der Waals surface area contributed by atoms with Crippen molar-refractivity contribution in [1.29, 1.82) is 0 Å². The van der Waals surface area contributed by atoms with E-state index in [0.717, 1.165) is 33.9 Å². The Morgan fingerprint density at radius 1 is 0.446 bits per heavy atom. The molecule has 2 atom stereocenters. The van der Waals surface area contributed by atoms with Gasteiger partial charge in [0.1, 0.15) is 0 Å². The summed E-state index contributed by atoms with van der Waals surface area (Å²) in [4.78, 5) is 4.80. The van der Waals surface area contributed by atoms with Crippen LogP contribution in [-0.2, 0) is 5.41 Å². The highest BCUT2D eigenvalue weighted by Gasteiger charge is 2.53. The molecule has 4 nitrogen and oxygen atoms in total. The zero-order valence-electron chi connectivity index (χ0n) is 35.3. The van der Waals surface area contributed by atoms with Crippen molar-refractivity contribution >= 4 is 28.4 Å². The SMILES string of the molecule is C1=CC2c3cc(N(c4ccc(-c5ccccc5)cc4)c4cccc5c4Oc4ccc6c(c4O5)-c4ccccc4C64c5ccccc5-c5ccccc54)ccc3N(c3ccccc3)C2C=C1. The Kier molecular flexibility index (Phi) is 7.70. The van der Waals surface area contributed by atoms with Gasteiger partial charge < -0.3 is 19.3 Å². The number of rotatable bonds is 5. The van der Waals surface area contributed by atoms with Crippen molar-refractivity contribution in [3.63, 3.8) is 0 Å². The number of hydrogen-bond donors (Lipinski definition) is 0. The summed E-state index contributed by atoms with van der Waals surface area (Å²) in [6.07, 6.45) is 9.03. The predicted octanol–water partition coefficient (Wildman–Crippen LogP) is 15.8. The molecule has 3 aliphatic carbocycles. The molecule has 2 unspecified atom stereocenters. The van der Waals surface area contributed by atoms with Crippen molar-refractivity contribution in [3.8, 4) is 56.4 Å². The van der Waals surface area contributed by atoms with Crippen LogP contribution in [0.2, 0.25) is 0 Å². The summed E-state index contributed by atoms with van der Waals surface area (Å²) in [5.41, 5.74) is 18.4. The molecule has 0 N–H and O–H groups in total. The number of allylic oxidation sites excluding steroid dienone is 2. The van der Waals surface area contributed by atoms with Crippen LogP contribution in [0.4, 0.5) is 28.4 Å². The zero-order valence-corrected chi connectivity index (χ0v) is 35.3. The van der Waals surface area contributed by atoms with Crippen molar-refractivity contribution in [2.45, 2.75) is 17.4 Å². The molecule has 0 radical (unpaired) electrons. The second-order valence-electron chi connectivity index (χ2n) is 17.5. The standard InChI is InChI=1S/C61H40N2O2/c1-3-16-39(17-4-1)40-30-32-42(33-31-40)62(43-34-36-54-48(38-43)46-22-10-14-27-53(46)63(54)41-18-5-2-6-19-41)55-28-15-29-56-59(55)64-57-37-35-52-58(60(57)65-56)47-23-9-13-26-51(47)61(52)49-24-11-7-20-44(49)45-21-8-12-25-50(45)61/h1-38,46,53H. The van der Waals surface area contributed by atoms with E-state index < -0.39 is 5.41 Å². The number of ether oxygens (including phenoxy) is 2. The summed E-state index contributed by atoms with van der Waals surface area (Å²) >= 11 is 0. The van der Waals surface area contributed by atoms with Crippen LogP contribution in [0.15, 0.2) is 231 Å². The minimum absolute atomic E-state index is 0.182. The van der Waals surface area contributed by atoms with Crippen LogP contribution in [0.1, 0.15) is 33.7 Å². The van der Waals surface area contributed by atoms with Crippen LogP contribution in [0.5, 0.6) is 23.0 Å². The Balaban J connectivity index is 0.928. The topological polar surface area (TPSA) is 24.9 Å². The molecule has 1 spiro atoms. The van der Waals surface area contributed by atoms with Gasteiger partial charge in [0.05, 0.1) is 17.1 Å². The second-order valence-corrected chi connectivity index (χ2v) is 17.5. The molecule has 0 fully saturated rings. The summed E-state index contributed by atoms with van der Waals surface area (Å²) < 4.78 is 14.4. The summed E-state index contributed by atoms with van der Waals surface area (Å²) in [6, 6.07) is 74.6. The number of benzene rings is 9. The molecule has 14 rings (SSSR count). The van der Waals surface area contributed by atoms with E-state index in [1.807, 2.05) is 6.07 Å². The van der Waals surface area contributed by atoms with Crippen LogP contribution in [0.25, 0.3) is 33.4 Å². The summed E-state index contributed by atoms with van der Waals surface area (Å²) in [5, 5.41) is 0. The molecular weight excluding hydrogens is 793 g/mol. The van der Waals surface area contributed by atoms with Crippen LogP contribution >= 0.6 is 0 Å². The Morgan fingerprint density at radius 2 is 1.05 bits per heavy atom. The molecule has 4 heteroatoms. The van der Waals surface area contributed by atoms with Crippen LogP contribution in [0, 0.1) is 0 Å². The van der Waals surface area contributed by atoms with E-state index in [0.29, 0.717) is 17.2 Å². The largest absolute Gasteiger partial charge is 0.449 e. The van der Waals surface area contributed by atoms with E-state index in [2.05, 4.69) is 234 Å². The average Bonchev–Trinajstić information content (AvgIpc) is 3.99. The average molecular weight is 833 g/mol. The smallest absolute Gasteiger partial charge is 0.194 e. The minimum Gasteiger partial charge on any atom is -0.449 e. The van der Waals surface area contributed by atoms with Gasteiger partial charge in [-0.05, 0) is 116 Å². The molecule has 9 aromatic carbocycles. The third-order valence-corrected chi connectivity index (χ3v) is 14.3. The minimum atomic E-state index is -0.478. The Labute approximate surface area is 378 Å². The van der Waals surface area contributed by atoms with E-state index in [4.69, 9.17) is 9.47 Å². The molecule has 9 aromatic rings. The van der Waals surface area contributed by atoms with Crippen LogP contribution in [0.3, 0.4) is 0 Å². The molecular formula is C61H40N2O2. The molecule has 2 aliphatic heterocycles. The monoisotopic (exact) mass is 832 g/mol. The highest BCUT2D eigenvalue weighted by atomic mass is 16.6. The third kappa shape index (κ3) is 5.08. The molecule has 65 heavy (non-hydrogen) atoms. The molecule has 306 valence electrons. The van der Waals surface area contributed by atoms with Crippen molar-refractivity contribution in [2.75, 3.05) is 9.80 Å². The molecule has 0 saturated carbocycles. The van der Waals surface area contributed by atoms with E-state index in [9.17, 15) is 0 Å². The van der Waals surface area contributed by atoms with Crippen molar-refractivity contribution in [1.82, 2.24) is 0 Å². The van der Waals surface area contributed by atoms with E-state index >= 15 is 0 Å². The van der Waals surface area contributed by atoms with Gasteiger partial charge in [0.25, 0.3) is 0 Å². The number of fused-ring (bicyclic) bond motifs is 16. The predicted molar refractivity (Wildman–Crippen MR) is 263 cm³/mol. The van der Waals surface area contributed by atoms with Gasteiger partial charge in [-0.15, -0.1) is 0 Å². The molecule has 0 saturated heterocycles. The number of hydrogen-bond acceptors (Lipinski definition) is 4. The lowest BCUT2D eigenvalue weighted by atomic mass is 9.70. The normalized spacial score (nSPS) is 16.8. The molecule has 0 amide bonds. The third-order valence-electron chi connectivity index (χ3n) is 14.3. The van der Waals surface area contributed by atoms with Gasteiger partial charge in [-0.3, -0.25) is 0 Å². The van der Waals surface area contributed by atoms with Crippen molar-refractivity contribution in [3.05, 3.63) is 258 Å². The molecule has 5 aliphatic rings. The summed E-state index contributed by atoms with van der Waals surface area (Å²) in [7, 11) is 0. The first kappa shape index (κ1) is 36.2. The lowest BCUT2D eigenvalue weighted by Crippen LogP contribution is -2.28. The number of anilines is 5. The van der Waals surface area contributed by atoms with Gasteiger partial charge in [0, 0.05) is 34.2 Å². The van der Waals surface area contributed by atoms with Gasteiger partial charge in [0.15, 0.2) is 23.0 Å². The maximum absolute atomic E-state index is 7.23.